The molecule has 0 aliphatic heterocycles. The van der Waals surface area contributed by atoms with E-state index in [-0.39, 0.29) is 12.0 Å². The summed E-state index contributed by atoms with van der Waals surface area (Å²) in [5.74, 6) is 0.0421. The number of pyridine rings is 1. The van der Waals surface area contributed by atoms with Crippen molar-refractivity contribution in [3.63, 3.8) is 0 Å². The Bertz CT molecular complexity index is 353. The molecule has 18 heavy (non-hydrogen) atoms. The number of hydrogen-bond donors (Lipinski definition) is 1. The molecule has 1 rings (SSSR count). The Morgan fingerprint density at radius 2 is 2.33 bits per heavy atom. The van der Waals surface area contributed by atoms with Gasteiger partial charge in [-0.05, 0) is 19.1 Å². The van der Waals surface area contributed by atoms with E-state index in [1.807, 2.05) is 25.1 Å². The van der Waals surface area contributed by atoms with Crippen LogP contribution in [0.2, 0.25) is 0 Å². The van der Waals surface area contributed by atoms with E-state index in [2.05, 4.69) is 4.98 Å². The minimum Gasteiger partial charge on any atom is -0.380 e. The molecule has 0 radical (unpaired) electrons. The zero-order valence-electron chi connectivity index (χ0n) is 11.0. The highest BCUT2D eigenvalue weighted by atomic mass is 16.5. The molecule has 1 aromatic heterocycles. The van der Waals surface area contributed by atoms with E-state index in [9.17, 15) is 4.79 Å². The third-order valence-electron chi connectivity index (χ3n) is 2.81. The maximum absolute atomic E-state index is 12.1. The number of nitrogens with zero attached hydrogens (tertiary/aromatic N) is 2. The largest absolute Gasteiger partial charge is 0.380 e. The highest BCUT2D eigenvalue weighted by molar-refractivity contribution is 5.76. The standard InChI is InChI=1S/C13H21N3O2/c1-3-16(10-11-6-4-5-7-15-11)13(17)8-12(9-14)18-2/h4-7,12H,3,8-10,14H2,1-2H3. The molecule has 0 aliphatic rings. The summed E-state index contributed by atoms with van der Waals surface area (Å²) in [6.07, 6.45) is 1.83. The molecule has 1 unspecified atom stereocenters. The third-order valence-corrected chi connectivity index (χ3v) is 2.81. The summed E-state index contributed by atoms with van der Waals surface area (Å²) in [7, 11) is 1.57. The fourth-order valence-corrected chi connectivity index (χ4v) is 1.65. The van der Waals surface area contributed by atoms with Crippen molar-refractivity contribution < 1.29 is 9.53 Å². The topological polar surface area (TPSA) is 68.5 Å². The van der Waals surface area contributed by atoms with Gasteiger partial charge >= 0.3 is 0 Å². The Hall–Kier alpha value is -1.46. The van der Waals surface area contributed by atoms with Crippen molar-refractivity contribution in [2.75, 3.05) is 20.2 Å². The van der Waals surface area contributed by atoms with Gasteiger partial charge in [-0.1, -0.05) is 6.07 Å². The Balaban J connectivity index is 2.58. The number of carbonyl (C=O) groups excluding carboxylic acids is 1. The first-order chi connectivity index (χ1) is 8.71. The molecule has 100 valence electrons. The van der Waals surface area contributed by atoms with Crippen molar-refractivity contribution in [1.82, 2.24) is 9.88 Å². The predicted octanol–water partition coefficient (Wildman–Crippen LogP) is 0.794. The Labute approximate surface area is 108 Å². The Morgan fingerprint density at radius 1 is 1.56 bits per heavy atom. The summed E-state index contributed by atoms with van der Waals surface area (Å²) >= 11 is 0. The summed E-state index contributed by atoms with van der Waals surface area (Å²) in [5.41, 5.74) is 6.40. The van der Waals surface area contributed by atoms with Crippen LogP contribution in [0, 0.1) is 0 Å². The predicted molar refractivity (Wildman–Crippen MR) is 69.8 cm³/mol. The molecule has 0 fully saturated rings. The van der Waals surface area contributed by atoms with E-state index in [0.717, 1.165) is 5.69 Å². The molecule has 5 nitrogen and oxygen atoms in total. The van der Waals surface area contributed by atoms with E-state index in [0.29, 0.717) is 26.1 Å². The van der Waals surface area contributed by atoms with Crippen LogP contribution in [-0.4, -0.2) is 42.1 Å². The third kappa shape index (κ3) is 4.43. The average Bonchev–Trinajstić information content (AvgIpc) is 2.43. The normalized spacial score (nSPS) is 12.2. The van der Waals surface area contributed by atoms with Gasteiger partial charge in [0, 0.05) is 26.4 Å². The molecule has 2 N–H and O–H groups in total. The minimum atomic E-state index is -0.213. The maximum Gasteiger partial charge on any atom is 0.225 e. The minimum absolute atomic E-state index is 0.0421. The van der Waals surface area contributed by atoms with Gasteiger partial charge in [-0.25, -0.2) is 0 Å². The van der Waals surface area contributed by atoms with Crippen molar-refractivity contribution in [3.05, 3.63) is 30.1 Å². The van der Waals surface area contributed by atoms with Crippen molar-refractivity contribution in [2.45, 2.75) is 26.0 Å². The lowest BCUT2D eigenvalue weighted by atomic mass is 10.2. The fraction of sp³-hybridized carbons (Fsp3) is 0.538. The average molecular weight is 251 g/mol. The van der Waals surface area contributed by atoms with E-state index >= 15 is 0 Å². The van der Waals surface area contributed by atoms with Gasteiger partial charge in [0.25, 0.3) is 0 Å². The number of aromatic nitrogens is 1. The SMILES string of the molecule is CCN(Cc1ccccn1)C(=O)CC(CN)OC. The molecular weight excluding hydrogens is 230 g/mol. The van der Waals surface area contributed by atoms with Crippen LogP contribution in [0.3, 0.4) is 0 Å². The van der Waals surface area contributed by atoms with Crippen LogP contribution in [0.15, 0.2) is 24.4 Å². The van der Waals surface area contributed by atoms with E-state index in [4.69, 9.17) is 10.5 Å². The second-order valence-corrected chi connectivity index (χ2v) is 4.03. The van der Waals surface area contributed by atoms with Crippen molar-refractivity contribution >= 4 is 5.91 Å². The highest BCUT2D eigenvalue weighted by Gasteiger charge is 2.17. The van der Waals surface area contributed by atoms with Gasteiger partial charge in [0.05, 0.1) is 24.8 Å². The number of rotatable bonds is 7. The zero-order valence-corrected chi connectivity index (χ0v) is 11.0. The summed E-state index contributed by atoms with van der Waals surface area (Å²) < 4.78 is 5.13. The number of methoxy groups -OCH3 is 1. The summed E-state index contributed by atoms with van der Waals surface area (Å²) in [4.78, 5) is 18.0. The van der Waals surface area contributed by atoms with Gasteiger partial charge in [0.2, 0.25) is 5.91 Å². The monoisotopic (exact) mass is 251 g/mol. The van der Waals surface area contributed by atoms with Gasteiger partial charge < -0.3 is 15.4 Å². The van der Waals surface area contributed by atoms with Crippen molar-refractivity contribution in [2.24, 2.45) is 5.73 Å². The summed E-state index contributed by atoms with van der Waals surface area (Å²) in [5, 5.41) is 0. The van der Waals surface area contributed by atoms with Crippen LogP contribution in [-0.2, 0) is 16.1 Å². The van der Waals surface area contributed by atoms with Crippen molar-refractivity contribution in [3.8, 4) is 0 Å². The van der Waals surface area contributed by atoms with Gasteiger partial charge in [-0.3, -0.25) is 9.78 Å². The number of amides is 1. The Kier molecular flexibility index (Phi) is 6.32. The second kappa shape index (κ2) is 7.79. The molecule has 1 heterocycles. The molecule has 0 bridgehead atoms. The van der Waals surface area contributed by atoms with Crippen LogP contribution in [0.25, 0.3) is 0 Å². The summed E-state index contributed by atoms with van der Waals surface area (Å²) in [6, 6.07) is 5.68. The van der Waals surface area contributed by atoms with Crippen LogP contribution >= 0.6 is 0 Å². The highest BCUT2D eigenvalue weighted by Crippen LogP contribution is 2.06. The quantitative estimate of drug-likeness (QED) is 0.778. The second-order valence-electron chi connectivity index (χ2n) is 4.03. The molecule has 1 amide bonds. The molecule has 5 heteroatoms. The molecule has 0 aliphatic carbocycles. The van der Waals surface area contributed by atoms with E-state index < -0.39 is 0 Å². The maximum atomic E-state index is 12.1. The number of hydrogen-bond acceptors (Lipinski definition) is 4. The molecule has 0 saturated carbocycles. The lowest BCUT2D eigenvalue weighted by Crippen LogP contribution is -2.35. The smallest absolute Gasteiger partial charge is 0.225 e. The molecule has 0 spiro atoms. The summed E-state index contributed by atoms with van der Waals surface area (Å²) in [6.45, 7) is 3.47. The van der Waals surface area contributed by atoms with Gasteiger partial charge in [0.1, 0.15) is 0 Å². The van der Waals surface area contributed by atoms with Gasteiger partial charge in [0.15, 0.2) is 0 Å². The number of carbonyl (C=O) groups is 1. The van der Waals surface area contributed by atoms with Crippen molar-refractivity contribution in [1.29, 1.82) is 0 Å². The molecule has 0 saturated heterocycles. The van der Waals surface area contributed by atoms with Gasteiger partial charge in [-0.2, -0.15) is 0 Å². The lowest BCUT2D eigenvalue weighted by Gasteiger charge is -2.22. The zero-order chi connectivity index (χ0) is 13.4. The molecule has 0 aromatic carbocycles. The molecule has 1 aromatic rings. The molecular formula is C13H21N3O2. The van der Waals surface area contributed by atoms with Crippen LogP contribution in [0.5, 0.6) is 0 Å². The first-order valence-electron chi connectivity index (χ1n) is 6.11. The first-order valence-corrected chi connectivity index (χ1v) is 6.11. The van der Waals surface area contributed by atoms with Crippen LogP contribution < -0.4 is 5.73 Å². The fourth-order valence-electron chi connectivity index (χ4n) is 1.65. The Morgan fingerprint density at radius 3 is 2.83 bits per heavy atom. The van der Waals surface area contributed by atoms with Crippen LogP contribution in [0.1, 0.15) is 19.0 Å². The molecule has 1 atom stereocenters. The first kappa shape index (κ1) is 14.6. The van der Waals surface area contributed by atoms with E-state index in [1.165, 1.54) is 0 Å². The van der Waals surface area contributed by atoms with Crippen LogP contribution in [0.4, 0.5) is 0 Å². The number of ether oxygens (including phenoxy) is 1. The lowest BCUT2D eigenvalue weighted by molar-refractivity contribution is -0.134. The number of nitrogens with two attached hydrogens (primary N) is 1. The van der Waals surface area contributed by atoms with E-state index in [1.54, 1.807) is 18.2 Å². The van der Waals surface area contributed by atoms with Gasteiger partial charge in [-0.15, -0.1) is 0 Å².